The van der Waals surface area contributed by atoms with Crippen LogP contribution in [0, 0.1) is 3.57 Å². The highest BCUT2D eigenvalue weighted by molar-refractivity contribution is 14.1. The second kappa shape index (κ2) is 6.20. The average Bonchev–Trinajstić information content (AvgIpc) is 2.78. The van der Waals surface area contributed by atoms with Crippen molar-refractivity contribution in [2.75, 3.05) is 31.2 Å². The lowest BCUT2D eigenvalue weighted by molar-refractivity contribution is -0.00138. The summed E-state index contributed by atoms with van der Waals surface area (Å²) in [6, 6.07) is 3.77. The van der Waals surface area contributed by atoms with Gasteiger partial charge in [0.1, 0.15) is 11.9 Å². The van der Waals surface area contributed by atoms with Crippen LogP contribution in [0.3, 0.4) is 0 Å². The first-order chi connectivity index (χ1) is 10.0. The summed E-state index contributed by atoms with van der Waals surface area (Å²) >= 11 is 2.19. The lowest BCUT2D eigenvalue weighted by Gasteiger charge is -2.28. The number of aromatic nitrogens is 1. The van der Waals surface area contributed by atoms with Gasteiger partial charge in [-0.05, 0) is 35.1 Å². The topological polar surface area (TPSA) is 34.6 Å². The molecule has 1 aromatic heterocycles. The minimum Gasteiger partial charge on any atom is -0.474 e. The number of halogens is 3. The van der Waals surface area contributed by atoms with E-state index in [-0.39, 0.29) is 12.8 Å². The molecule has 0 amide bonds. The van der Waals surface area contributed by atoms with Crippen LogP contribution in [-0.2, 0) is 4.74 Å². The van der Waals surface area contributed by atoms with Crippen molar-refractivity contribution in [3.63, 3.8) is 0 Å². The van der Waals surface area contributed by atoms with E-state index in [1.54, 1.807) is 6.07 Å². The second-order valence-electron chi connectivity index (χ2n) is 5.42. The smallest absolute Gasteiger partial charge is 0.251 e. The molecule has 3 rings (SSSR count). The number of hydrogen-bond acceptors (Lipinski definition) is 4. The molecule has 2 fully saturated rings. The Morgan fingerprint density at radius 2 is 2.10 bits per heavy atom. The third-order valence-electron chi connectivity index (χ3n) is 3.73. The number of nitrogens with zero attached hydrogens (tertiary/aromatic N) is 2. The minimum absolute atomic E-state index is 0.0993. The van der Waals surface area contributed by atoms with E-state index in [9.17, 15) is 8.78 Å². The van der Waals surface area contributed by atoms with E-state index in [4.69, 9.17) is 9.47 Å². The van der Waals surface area contributed by atoms with E-state index < -0.39 is 12.0 Å². The van der Waals surface area contributed by atoms with Crippen LogP contribution >= 0.6 is 22.6 Å². The predicted molar refractivity (Wildman–Crippen MR) is 83.2 cm³/mol. The van der Waals surface area contributed by atoms with Crippen LogP contribution in [-0.4, -0.2) is 43.3 Å². The van der Waals surface area contributed by atoms with E-state index in [0.717, 1.165) is 22.5 Å². The van der Waals surface area contributed by atoms with Gasteiger partial charge in [-0.2, -0.15) is 4.98 Å². The first-order valence-corrected chi connectivity index (χ1v) is 8.14. The van der Waals surface area contributed by atoms with E-state index in [1.165, 1.54) is 0 Å². The molecular weight excluding hydrogens is 393 g/mol. The zero-order chi connectivity index (χ0) is 14.9. The van der Waals surface area contributed by atoms with E-state index in [0.29, 0.717) is 25.5 Å². The molecule has 1 saturated carbocycles. The molecule has 0 bridgehead atoms. The molecule has 21 heavy (non-hydrogen) atoms. The maximum atomic E-state index is 13.2. The normalized spacial score (nSPS) is 25.1. The summed E-state index contributed by atoms with van der Waals surface area (Å²) in [5.74, 6) is -1.34. The lowest BCUT2D eigenvalue weighted by Crippen LogP contribution is -2.36. The maximum absolute atomic E-state index is 13.2. The van der Waals surface area contributed by atoms with Crippen molar-refractivity contribution in [1.82, 2.24) is 4.98 Å². The molecule has 0 aromatic carbocycles. The molecule has 116 valence electrons. The highest BCUT2D eigenvalue weighted by Crippen LogP contribution is 2.37. The number of anilines is 1. The van der Waals surface area contributed by atoms with Crippen molar-refractivity contribution in [2.24, 2.45) is 0 Å². The molecule has 1 atom stereocenters. The van der Waals surface area contributed by atoms with Crippen molar-refractivity contribution >= 4 is 28.4 Å². The van der Waals surface area contributed by atoms with Gasteiger partial charge in [-0.1, -0.05) is 0 Å². The van der Waals surface area contributed by atoms with Crippen LogP contribution in [0.2, 0.25) is 0 Å². The van der Waals surface area contributed by atoms with Crippen molar-refractivity contribution < 1.29 is 18.3 Å². The van der Waals surface area contributed by atoms with E-state index >= 15 is 0 Å². The Labute approximate surface area is 136 Å². The van der Waals surface area contributed by atoms with Gasteiger partial charge in [-0.3, -0.25) is 0 Å². The molecule has 2 heterocycles. The van der Waals surface area contributed by atoms with Gasteiger partial charge >= 0.3 is 0 Å². The zero-order valence-electron chi connectivity index (χ0n) is 11.5. The first-order valence-electron chi connectivity index (χ1n) is 7.07. The van der Waals surface area contributed by atoms with E-state index in [1.807, 2.05) is 6.07 Å². The molecule has 7 heteroatoms. The largest absolute Gasteiger partial charge is 0.474 e. The Hall–Kier alpha value is -0.700. The molecule has 0 N–H and O–H groups in total. The average molecular weight is 410 g/mol. The van der Waals surface area contributed by atoms with Crippen molar-refractivity contribution in [2.45, 2.75) is 31.3 Å². The molecule has 0 radical (unpaired) electrons. The van der Waals surface area contributed by atoms with E-state index in [2.05, 4.69) is 32.5 Å². The predicted octanol–water partition coefficient (Wildman–Crippen LogP) is 3.09. The monoisotopic (exact) mass is 410 g/mol. The van der Waals surface area contributed by atoms with Gasteiger partial charge in [0, 0.05) is 35.6 Å². The van der Waals surface area contributed by atoms with Crippen LogP contribution in [0.4, 0.5) is 14.6 Å². The maximum Gasteiger partial charge on any atom is 0.251 e. The molecule has 0 spiro atoms. The number of pyridine rings is 1. The third kappa shape index (κ3) is 3.94. The zero-order valence-corrected chi connectivity index (χ0v) is 13.7. The second-order valence-corrected chi connectivity index (χ2v) is 6.67. The van der Waals surface area contributed by atoms with Gasteiger partial charge < -0.3 is 14.4 Å². The Bertz CT molecular complexity index is 510. The fraction of sp³-hybridized carbons (Fsp3) is 0.643. The molecule has 1 unspecified atom stereocenters. The molecule has 2 aliphatic rings. The number of alkyl halides is 2. The van der Waals surface area contributed by atoms with Crippen molar-refractivity contribution in [3.05, 3.63) is 15.7 Å². The van der Waals surface area contributed by atoms with Crippen molar-refractivity contribution in [3.8, 4) is 5.88 Å². The first kappa shape index (κ1) is 15.2. The molecule has 1 aromatic rings. The summed E-state index contributed by atoms with van der Waals surface area (Å²) < 4.78 is 38.4. The lowest BCUT2D eigenvalue weighted by atomic mass is 10.3. The summed E-state index contributed by atoms with van der Waals surface area (Å²) in [5.41, 5.74) is 0. The number of morpholine rings is 1. The van der Waals surface area contributed by atoms with Crippen LogP contribution < -0.4 is 9.64 Å². The Morgan fingerprint density at radius 3 is 2.76 bits per heavy atom. The summed E-state index contributed by atoms with van der Waals surface area (Å²) in [6.45, 7) is 2.93. The van der Waals surface area contributed by atoms with Gasteiger partial charge in [0.05, 0.1) is 13.2 Å². The highest BCUT2D eigenvalue weighted by atomic mass is 127. The summed E-state index contributed by atoms with van der Waals surface area (Å²) in [6.07, 6.45) is -0.374. The quantitative estimate of drug-likeness (QED) is 0.718. The van der Waals surface area contributed by atoms with Gasteiger partial charge in [-0.25, -0.2) is 8.78 Å². The summed E-state index contributed by atoms with van der Waals surface area (Å²) in [7, 11) is 0. The van der Waals surface area contributed by atoms with Gasteiger partial charge in [0.2, 0.25) is 5.88 Å². The molecular formula is C14H17F2IN2O2. The molecule has 1 aliphatic carbocycles. The summed E-state index contributed by atoms with van der Waals surface area (Å²) in [5, 5.41) is 0. The molecule has 1 saturated heterocycles. The van der Waals surface area contributed by atoms with Crippen molar-refractivity contribution in [1.29, 1.82) is 0 Å². The number of ether oxygens (including phenoxy) is 2. The van der Waals surface area contributed by atoms with Gasteiger partial charge in [0.15, 0.2) is 0 Å². The number of rotatable bonds is 3. The standard InChI is InChI=1S/C14H17F2IN2O2/c15-14(16)2-1-11(9-14)21-13-8-10(17)7-12(18-13)19-3-5-20-6-4-19/h7-8,11H,1-6,9H2. The van der Waals surface area contributed by atoms with Crippen LogP contribution in [0.1, 0.15) is 19.3 Å². The van der Waals surface area contributed by atoms with Gasteiger partial charge in [-0.15, -0.1) is 0 Å². The number of hydrogen-bond donors (Lipinski definition) is 0. The van der Waals surface area contributed by atoms with Crippen LogP contribution in [0.25, 0.3) is 0 Å². The third-order valence-corrected chi connectivity index (χ3v) is 4.36. The Kier molecular flexibility index (Phi) is 4.49. The molecule has 4 nitrogen and oxygen atoms in total. The van der Waals surface area contributed by atoms with Crippen LogP contribution in [0.15, 0.2) is 12.1 Å². The van der Waals surface area contributed by atoms with Gasteiger partial charge in [0.25, 0.3) is 5.92 Å². The van der Waals surface area contributed by atoms with Crippen LogP contribution in [0.5, 0.6) is 5.88 Å². The fourth-order valence-corrected chi connectivity index (χ4v) is 3.20. The summed E-state index contributed by atoms with van der Waals surface area (Å²) in [4.78, 5) is 6.59. The highest BCUT2D eigenvalue weighted by Gasteiger charge is 2.40. The Morgan fingerprint density at radius 1 is 1.33 bits per heavy atom. The molecule has 1 aliphatic heterocycles. The fourth-order valence-electron chi connectivity index (χ4n) is 2.66. The Balaban J connectivity index is 1.72. The SMILES string of the molecule is FC1(F)CCC(Oc2cc(I)cc(N3CCOCC3)n2)C1. The minimum atomic E-state index is -2.60.